The largest absolute Gasteiger partial charge is 0.350 e. The van der Waals surface area contributed by atoms with Crippen LogP contribution in [0.2, 0.25) is 0 Å². The summed E-state index contributed by atoms with van der Waals surface area (Å²) in [6, 6.07) is 10.0. The van der Waals surface area contributed by atoms with Gasteiger partial charge in [-0.3, -0.25) is 9.52 Å². The number of halogens is 1. The molecule has 9 heteroatoms. The van der Waals surface area contributed by atoms with Crippen LogP contribution in [-0.4, -0.2) is 33.5 Å². The van der Waals surface area contributed by atoms with E-state index in [9.17, 15) is 13.2 Å². The first-order valence-electron chi connectivity index (χ1n) is 7.72. The second-order valence-electron chi connectivity index (χ2n) is 5.62. The van der Waals surface area contributed by atoms with E-state index in [0.717, 1.165) is 30.7 Å². The first-order chi connectivity index (χ1) is 11.5. The van der Waals surface area contributed by atoms with E-state index in [-0.39, 0.29) is 22.5 Å². The summed E-state index contributed by atoms with van der Waals surface area (Å²) in [5, 5.41) is 7.90. The van der Waals surface area contributed by atoms with Gasteiger partial charge in [-0.05, 0) is 49.0 Å². The van der Waals surface area contributed by atoms with Gasteiger partial charge in [0.15, 0.2) is 0 Å². The number of benzene rings is 1. The second kappa shape index (κ2) is 8.66. The van der Waals surface area contributed by atoms with Gasteiger partial charge in [-0.15, -0.1) is 23.7 Å². The van der Waals surface area contributed by atoms with Gasteiger partial charge in [0.05, 0.1) is 0 Å². The molecule has 1 aliphatic rings. The maximum Gasteiger partial charge on any atom is 0.271 e. The van der Waals surface area contributed by atoms with Crippen LogP contribution in [0.25, 0.3) is 0 Å². The topological polar surface area (TPSA) is 87.3 Å². The van der Waals surface area contributed by atoms with Crippen molar-refractivity contribution in [1.82, 2.24) is 10.6 Å². The molecule has 2 aromatic rings. The normalized spacial score (nSPS) is 16.9. The summed E-state index contributed by atoms with van der Waals surface area (Å²) in [5.41, 5.74) is 0.800. The number of nitrogens with one attached hydrogen (secondary N) is 3. The van der Waals surface area contributed by atoms with E-state index >= 15 is 0 Å². The van der Waals surface area contributed by atoms with Crippen molar-refractivity contribution in [3.05, 3.63) is 47.3 Å². The van der Waals surface area contributed by atoms with Gasteiger partial charge in [-0.1, -0.05) is 12.1 Å². The number of carbonyl (C=O) groups excluding carboxylic acids is 1. The zero-order valence-corrected chi connectivity index (χ0v) is 15.8. The number of carbonyl (C=O) groups is 1. The molecule has 1 aromatic heterocycles. The number of hydrogen-bond acceptors (Lipinski definition) is 5. The van der Waals surface area contributed by atoms with Crippen LogP contribution in [0.15, 0.2) is 46.0 Å². The molecule has 1 unspecified atom stereocenters. The van der Waals surface area contributed by atoms with E-state index in [4.69, 9.17) is 0 Å². The molecule has 1 fully saturated rings. The summed E-state index contributed by atoms with van der Waals surface area (Å²) in [4.78, 5) is 12.2. The van der Waals surface area contributed by atoms with Crippen LogP contribution in [0.5, 0.6) is 0 Å². The van der Waals surface area contributed by atoms with Crippen molar-refractivity contribution in [2.75, 3.05) is 17.8 Å². The highest BCUT2D eigenvalue weighted by atomic mass is 35.5. The Labute approximate surface area is 157 Å². The predicted molar refractivity (Wildman–Crippen MR) is 102 cm³/mol. The van der Waals surface area contributed by atoms with Gasteiger partial charge in [0.25, 0.3) is 15.9 Å². The fourth-order valence-electron chi connectivity index (χ4n) is 2.59. The Morgan fingerprint density at radius 1 is 1.28 bits per heavy atom. The van der Waals surface area contributed by atoms with Gasteiger partial charge in [-0.2, -0.15) is 0 Å². The number of thiophene rings is 1. The Hall–Kier alpha value is -1.61. The average molecular weight is 402 g/mol. The molecule has 3 rings (SSSR count). The Kier molecular flexibility index (Phi) is 6.83. The molecule has 1 aromatic carbocycles. The number of hydrogen-bond donors (Lipinski definition) is 3. The minimum absolute atomic E-state index is 0. The van der Waals surface area contributed by atoms with Crippen molar-refractivity contribution in [3.63, 3.8) is 0 Å². The van der Waals surface area contributed by atoms with Crippen LogP contribution in [0, 0.1) is 0 Å². The van der Waals surface area contributed by atoms with Crippen molar-refractivity contribution >= 4 is 45.4 Å². The third kappa shape index (κ3) is 5.18. The molecule has 6 nitrogen and oxygen atoms in total. The molecule has 0 radical (unpaired) electrons. The molecule has 136 valence electrons. The monoisotopic (exact) mass is 401 g/mol. The molecule has 1 aliphatic heterocycles. The highest BCUT2D eigenvalue weighted by molar-refractivity contribution is 7.94. The van der Waals surface area contributed by atoms with E-state index in [1.165, 1.54) is 6.07 Å². The second-order valence-corrected chi connectivity index (χ2v) is 8.48. The first-order valence-corrected chi connectivity index (χ1v) is 10.1. The predicted octanol–water partition coefficient (Wildman–Crippen LogP) is 2.45. The standard InChI is InChI=1S/C16H19N3O3S2.ClH/c20-16(18-11-14-6-2-8-17-14)12-4-1-5-13(10-12)19-24(21,22)15-7-3-9-23-15;/h1,3-5,7,9-10,14,17,19H,2,6,8,11H2,(H,18,20);1H. The van der Waals surface area contributed by atoms with Gasteiger partial charge in [-0.25, -0.2) is 8.42 Å². The minimum Gasteiger partial charge on any atom is -0.350 e. The summed E-state index contributed by atoms with van der Waals surface area (Å²) >= 11 is 1.15. The van der Waals surface area contributed by atoms with Crippen LogP contribution < -0.4 is 15.4 Å². The van der Waals surface area contributed by atoms with E-state index in [0.29, 0.717) is 23.8 Å². The van der Waals surface area contributed by atoms with Gasteiger partial charge >= 0.3 is 0 Å². The van der Waals surface area contributed by atoms with Gasteiger partial charge in [0.2, 0.25) is 0 Å². The third-order valence-corrected chi connectivity index (χ3v) is 6.59. The highest BCUT2D eigenvalue weighted by Crippen LogP contribution is 2.20. The van der Waals surface area contributed by atoms with E-state index in [1.807, 2.05) is 0 Å². The Bertz CT molecular complexity index is 804. The molecule has 0 spiro atoms. The Morgan fingerprint density at radius 3 is 2.80 bits per heavy atom. The van der Waals surface area contributed by atoms with Crippen molar-refractivity contribution in [2.24, 2.45) is 0 Å². The molecule has 0 aliphatic carbocycles. The van der Waals surface area contributed by atoms with Crippen LogP contribution in [0.3, 0.4) is 0 Å². The fourth-order valence-corrected chi connectivity index (χ4v) is 4.64. The molecular formula is C16H20ClN3O3S2. The van der Waals surface area contributed by atoms with Crippen molar-refractivity contribution < 1.29 is 13.2 Å². The molecule has 3 N–H and O–H groups in total. The summed E-state index contributed by atoms with van der Waals surface area (Å²) < 4.78 is 27.2. The lowest BCUT2D eigenvalue weighted by molar-refractivity contribution is 0.0950. The van der Waals surface area contributed by atoms with E-state index in [2.05, 4.69) is 15.4 Å². The van der Waals surface area contributed by atoms with Crippen molar-refractivity contribution in [2.45, 2.75) is 23.1 Å². The first kappa shape index (κ1) is 19.7. The maximum atomic E-state index is 12.2. The summed E-state index contributed by atoms with van der Waals surface area (Å²) in [5.74, 6) is -0.208. The molecule has 1 saturated heterocycles. The highest BCUT2D eigenvalue weighted by Gasteiger charge is 2.17. The summed E-state index contributed by atoms with van der Waals surface area (Å²) in [6.07, 6.45) is 2.18. The summed E-state index contributed by atoms with van der Waals surface area (Å²) in [7, 11) is -3.61. The molecule has 0 saturated carbocycles. The van der Waals surface area contributed by atoms with Gasteiger partial charge in [0, 0.05) is 23.8 Å². The van der Waals surface area contributed by atoms with Crippen LogP contribution >= 0.6 is 23.7 Å². The molecule has 0 bridgehead atoms. The smallest absolute Gasteiger partial charge is 0.271 e. The number of sulfonamides is 1. The van der Waals surface area contributed by atoms with Crippen LogP contribution in [0.4, 0.5) is 5.69 Å². The Morgan fingerprint density at radius 2 is 2.12 bits per heavy atom. The zero-order valence-electron chi connectivity index (χ0n) is 13.4. The quantitative estimate of drug-likeness (QED) is 0.693. The lowest BCUT2D eigenvalue weighted by atomic mass is 10.2. The van der Waals surface area contributed by atoms with Gasteiger partial charge < -0.3 is 10.6 Å². The molecule has 1 atom stereocenters. The number of rotatable bonds is 6. The maximum absolute atomic E-state index is 12.2. The van der Waals surface area contributed by atoms with Crippen LogP contribution in [0.1, 0.15) is 23.2 Å². The van der Waals surface area contributed by atoms with Crippen LogP contribution in [-0.2, 0) is 10.0 Å². The number of amides is 1. The molecule has 2 heterocycles. The Balaban J connectivity index is 0.00000225. The molecule has 1 amide bonds. The molecular weight excluding hydrogens is 382 g/mol. The van der Waals surface area contributed by atoms with E-state index < -0.39 is 10.0 Å². The minimum atomic E-state index is -3.61. The fraction of sp³-hybridized carbons (Fsp3) is 0.312. The SMILES string of the molecule is Cl.O=C(NCC1CCCN1)c1cccc(NS(=O)(=O)c2cccs2)c1. The lowest BCUT2D eigenvalue weighted by Gasteiger charge is -2.12. The zero-order chi connectivity index (χ0) is 17.0. The summed E-state index contributed by atoms with van der Waals surface area (Å²) in [6.45, 7) is 1.56. The molecule has 25 heavy (non-hydrogen) atoms. The van der Waals surface area contributed by atoms with Gasteiger partial charge in [0.1, 0.15) is 4.21 Å². The third-order valence-electron chi connectivity index (χ3n) is 3.81. The van der Waals surface area contributed by atoms with Crippen molar-refractivity contribution in [1.29, 1.82) is 0 Å². The average Bonchev–Trinajstić information content (AvgIpc) is 3.26. The van der Waals surface area contributed by atoms with Crippen molar-refractivity contribution in [3.8, 4) is 0 Å². The van der Waals surface area contributed by atoms with E-state index in [1.54, 1.807) is 35.7 Å². The number of anilines is 1. The lowest BCUT2D eigenvalue weighted by Crippen LogP contribution is -2.37.